The Morgan fingerprint density at radius 3 is 2.29 bits per heavy atom. The minimum absolute atomic E-state index is 0.222. The topological polar surface area (TPSA) is 26.3 Å². The molecular formula is C16H13F3O2. The van der Waals surface area contributed by atoms with E-state index < -0.39 is 23.3 Å². The van der Waals surface area contributed by atoms with Crippen molar-refractivity contribution in [2.75, 3.05) is 0 Å². The lowest BCUT2D eigenvalue weighted by Gasteiger charge is -2.12. The molecule has 0 aliphatic heterocycles. The Balaban J connectivity index is 2.31. The third-order valence-corrected chi connectivity index (χ3v) is 3.14. The molecule has 5 heteroatoms. The molecule has 0 saturated heterocycles. The molecule has 110 valence electrons. The quantitative estimate of drug-likeness (QED) is 0.600. The molecule has 2 aromatic rings. The van der Waals surface area contributed by atoms with E-state index in [1.165, 1.54) is 12.1 Å². The third-order valence-electron chi connectivity index (χ3n) is 3.14. The van der Waals surface area contributed by atoms with Crippen LogP contribution in [-0.2, 0) is 6.18 Å². The average Bonchev–Trinajstić information content (AvgIpc) is 2.42. The Bertz CT molecular complexity index is 675. The molecule has 0 bridgehead atoms. The first-order chi connectivity index (χ1) is 9.79. The standard InChI is InChI=1S/C16H13F3O2/c1-10-7-8-12(9-11(10)2)21-15(20)13-5-3-4-6-14(13)16(17,18)19/h3-9H,1-2H3. The summed E-state index contributed by atoms with van der Waals surface area (Å²) in [5.74, 6) is -0.800. The molecule has 0 aliphatic carbocycles. The molecule has 21 heavy (non-hydrogen) atoms. The number of benzene rings is 2. The van der Waals surface area contributed by atoms with Gasteiger partial charge in [0.2, 0.25) is 0 Å². The van der Waals surface area contributed by atoms with Crippen LogP contribution in [0, 0.1) is 13.8 Å². The first kappa shape index (κ1) is 15.1. The summed E-state index contributed by atoms with van der Waals surface area (Å²) in [5.41, 5.74) is 0.400. The summed E-state index contributed by atoms with van der Waals surface area (Å²) < 4.78 is 43.6. The molecule has 0 amide bonds. The molecule has 0 aromatic heterocycles. The molecule has 0 unspecified atom stereocenters. The Kier molecular flexibility index (Phi) is 4.02. The number of aryl methyl sites for hydroxylation is 2. The molecule has 2 rings (SSSR count). The highest BCUT2D eigenvalue weighted by atomic mass is 19.4. The molecule has 0 atom stereocenters. The second-order valence-electron chi connectivity index (χ2n) is 4.68. The van der Waals surface area contributed by atoms with Crippen molar-refractivity contribution >= 4 is 5.97 Å². The van der Waals surface area contributed by atoms with Crippen LogP contribution >= 0.6 is 0 Å². The number of hydrogen-bond donors (Lipinski definition) is 0. The van der Waals surface area contributed by atoms with Crippen molar-refractivity contribution in [3.05, 3.63) is 64.7 Å². The van der Waals surface area contributed by atoms with Crippen LogP contribution < -0.4 is 4.74 Å². The highest BCUT2D eigenvalue weighted by Crippen LogP contribution is 2.32. The lowest BCUT2D eigenvalue weighted by Crippen LogP contribution is -2.16. The van der Waals surface area contributed by atoms with Crippen LogP contribution in [0.1, 0.15) is 27.0 Å². The van der Waals surface area contributed by atoms with E-state index in [1.54, 1.807) is 18.2 Å². The summed E-state index contributed by atoms with van der Waals surface area (Å²) in [6, 6.07) is 9.47. The van der Waals surface area contributed by atoms with Crippen LogP contribution in [0.4, 0.5) is 13.2 Å². The number of carbonyl (C=O) groups excluding carboxylic acids is 1. The molecule has 0 radical (unpaired) electrons. The van der Waals surface area contributed by atoms with E-state index in [-0.39, 0.29) is 5.75 Å². The number of carbonyl (C=O) groups is 1. The van der Waals surface area contributed by atoms with Gasteiger partial charge in [-0.2, -0.15) is 13.2 Å². The smallest absolute Gasteiger partial charge is 0.417 e. The minimum Gasteiger partial charge on any atom is -0.423 e. The molecule has 0 N–H and O–H groups in total. The summed E-state index contributed by atoms with van der Waals surface area (Å²) in [7, 11) is 0. The predicted octanol–water partition coefficient (Wildman–Crippen LogP) is 4.54. The minimum atomic E-state index is -4.60. The van der Waals surface area contributed by atoms with Gasteiger partial charge in [-0.3, -0.25) is 0 Å². The zero-order valence-electron chi connectivity index (χ0n) is 11.5. The van der Waals surface area contributed by atoms with Gasteiger partial charge in [-0.05, 0) is 49.2 Å². The van der Waals surface area contributed by atoms with Gasteiger partial charge in [0.05, 0.1) is 11.1 Å². The first-order valence-corrected chi connectivity index (χ1v) is 6.24. The van der Waals surface area contributed by atoms with Crippen molar-refractivity contribution in [3.63, 3.8) is 0 Å². The summed E-state index contributed by atoms with van der Waals surface area (Å²) in [6.07, 6.45) is -4.60. The van der Waals surface area contributed by atoms with E-state index >= 15 is 0 Å². The van der Waals surface area contributed by atoms with E-state index in [0.717, 1.165) is 23.3 Å². The van der Waals surface area contributed by atoms with Crippen molar-refractivity contribution in [3.8, 4) is 5.75 Å². The zero-order chi connectivity index (χ0) is 15.6. The average molecular weight is 294 g/mol. The van der Waals surface area contributed by atoms with Crippen molar-refractivity contribution in [2.24, 2.45) is 0 Å². The van der Waals surface area contributed by atoms with Crippen LogP contribution in [0.3, 0.4) is 0 Å². The van der Waals surface area contributed by atoms with E-state index in [4.69, 9.17) is 4.74 Å². The fourth-order valence-electron chi connectivity index (χ4n) is 1.85. The molecule has 0 aliphatic rings. The van der Waals surface area contributed by atoms with E-state index in [0.29, 0.717) is 0 Å². The fraction of sp³-hybridized carbons (Fsp3) is 0.188. The van der Waals surface area contributed by atoms with Gasteiger partial charge in [0.1, 0.15) is 5.75 Å². The summed E-state index contributed by atoms with van der Waals surface area (Å²) >= 11 is 0. The highest BCUT2D eigenvalue weighted by Gasteiger charge is 2.35. The van der Waals surface area contributed by atoms with Gasteiger partial charge in [0.15, 0.2) is 0 Å². The lowest BCUT2D eigenvalue weighted by atomic mass is 10.1. The summed E-state index contributed by atoms with van der Waals surface area (Å²) in [4.78, 5) is 12.0. The number of hydrogen-bond acceptors (Lipinski definition) is 2. The van der Waals surface area contributed by atoms with Gasteiger partial charge in [-0.25, -0.2) is 4.79 Å². The van der Waals surface area contributed by atoms with Crippen molar-refractivity contribution < 1.29 is 22.7 Å². The molecule has 2 aromatic carbocycles. The van der Waals surface area contributed by atoms with Gasteiger partial charge >= 0.3 is 12.1 Å². The van der Waals surface area contributed by atoms with E-state index in [1.807, 2.05) is 13.8 Å². The Hall–Kier alpha value is -2.30. The number of esters is 1. The van der Waals surface area contributed by atoms with Crippen LogP contribution in [0.25, 0.3) is 0 Å². The third kappa shape index (κ3) is 3.42. The number of ether oxygens (including phenoxy) is 1. The van der Waals surface area contributed by atoms with Gasteiger partial charge in [0, 0.05) is 0 Å². The number of alkyl halides is 3. The van der Waals surface area contributed by atoms with Crippen molar-refractivity contribution in [2.45, 2.75) is 20.0 Å². The Morgan fingerprint density at radius 1 is 1.00 bits per heavy atom. The molecule has 2 nitrogen and oxygen atoms in total. The van der Waals surface area contributed by atoms with Crippen molar-refractivity contribution in [1.29, 1.82) is 0 Å². The maximum atomic E-state index is 12.9. The summed E-state index contributed by atoms with van der Waals surface area (Å²) in [5, 5.41) is 0. The number of halogens is 3. The predicted molar refractivity (Wildman–Crippen MR) is 72.3 cm³/mol. The fourth-order valence-corrected chi connectivity index (χ4v) is 1.85. The zero-order valence-corrected chi connectivity index (χ0v) is 11.5. The second kappa shape index (κ2) is 5.60. The van der Waals surface area contributed by atoms with Crippen LogP contribution in [0.2, 0.25) is 0 Å². The first-order valence-electron chi connectivity index (χ1n) is 6.24. The molecule has 0 spiro atoms. The monoisotopic (exact) mass is 294 g/mol. The maximum Gasteiger partial charge on any atom is 0.417 e. The largest absolute Gasteiger partial charge is 0.423 e. The SMILES string of the molecule is Cc1ccc(OC(=O)c2ccccc2C(F)(F)F)cc1C. The van der Waals surface area contributed by atoms with Crippen LogP contribution in [0.5, 0.6) is 5.75 Å². The van der Waals surface area contributed by atoms with Crippen LogP contribution in [-0.4, -0.2) is 5.97 Å². The molecule has 0 heterocycles. The van der Waals surface area contributed by atoms with E-state index in [2.05, 4.69) is 0 Å². The van der Waals surface area contributed by atoms with E-state index in [9.17, 15) is 18.0 Å². The Labute approximate surface area is 120 Å². The van der Waals surface area contributed by atoms with Crippen molar-refractivity contribution in [1.82, 2.24) is 0 Å². The normalized spacial score (nSPS) is 11.3. The molecule has 0 fully saturated rings. The van der Waals surface area contributed by atoms with Gasteiger partial charge in [-0.1, -0.05) is 18.2 Å². The molecule has 0 saturated carbocycles. The summed E-state index contributed by atoms with van der Waals surface area (Å²) in [6.45, 7) is 3.72. The highest BCUT2D eigenvalue weighted by molar-refractivity contribution is 5.92. The van der Waals surface area contributed by atoms with Crippen LogP contribution in [0.15, 0.2) is 42.5 Å². The molecular weight excluding hydrogens is 281 g/mol. The lowest BCUT2D eigenvalue weighted by molar-refractivity contribution is -0.138. The van der Waals surface area contributed by atoms with Gasteiger partial charge in [0.25, 0.3) is 0 Å². The Morgan fingerprint density at radius 2 is 1.67 bits per heavy atom. The number of rotatable bonds is 2. The van der Waals surface area contributed by atoms with Gasteiger partial charge in [-0.15, -0.1) is 0 Å². The second-order valence-corrected chi connectivity index (χ2v) is 4.68. The van der Waals surface area contributed by atoms with Gasteiger partial charge < -0.3 is 4.74 Å². The maximum absolute atomic E-state index is 12.9.